The van der Waals surface area contributed by atoms with Crippen molar-refractivity contribution in [1.82, 2.24) is 10.2 Å². The smallest absolute Gasteiger partial charge is 0.322 e. The quantitative estimate of drug-likeness (QED) is 0.683. The predicted molar refractivity (Wildman–Crippen MR) is 71.2 cm³/mol. The number of likely N-dealkylation sites (N-methyl/N-ethyl adjacent to an activating group) is 1. The minimum atomic E-state index is -0.776. The Morgan fingerprint density at radius 3 is 2.12 bits per heavy atom. The van der Waals surface area contributed by atoms with Gasteiger partial charge in [0, 0.05) is 18.6 Å². The first-order valence-corrected chi connectivity index (χ1v) is 6.43. The molecule has 0 aliphatic rings. The highest BCUT2D eigenvalue weighted by Crippen LogP contribution is 2.10. The summed E-state index contributed by atoms with van der Waals surface area (Å²) in [7, 11) is 1.99. The van der Waals surface area contributed by atoms with Crippen LogP contribution in [0.5, 0.6) is 0 Å². The second kappa shape index (κ2) is 7.67. The van der Waals surface area contributed by atoms with E-state index in [9.17, 15) is 4.79 Å². The summed E-state index contributed by atoms with van der Waals surface area (Å²) in [6.07, 6.45) is 1.09. The molecular formula is C13H28N2O2. The van der Waals surface area contributed by atoms with Gasteiger partial charge >= 0.3 is 5.97 Å². The first-order chi connectivity index (χ1) is 7.73. The Labute approximate surface area is 105 Å². The maximum Gasteiger partial charge on any atom is 0.322 e. The van der Waals surface area contributed by atoms with Crippen molar-refractivity contribution in [2.45, 2.75) is 59.2 Å². The van der Waals surface area contributed by atoms with Gasteiger partial charge in [-0.2, -0.15) is 0 Å². The molecule has 0 amide bonds. The number of carbonyl (C=O) groups is 1. The molecular weight excluding hydrogens is 216 g/mol. The predicted octanol–water partition coefficient (Wildman–Crippen LogP) is 1.80. The topological polar surface area (TPSA) is 52.6 Å². The zero-order valence-electron chi connectivity index (χ0n) is 12.0. The number of nitrogens with one attached hydrogen (secondary N) is 1. The second-order valence-corrected chi connectivity index (χ2v) is 5.63. The molecule has 0 rings (SSSR count). The van der Waals surface area contributed by atoms with Gasteiger partial charge in [0.1, 0.15) is 6.04 Å². The number of nitrogens with zero attached hydrogens (tertiary/aromatic N) is 1. The Balaban J connectivity index is 4.29. The van der Waals surface area contributed by atoms with Crippen molar-refractivity contribution >= 4 is 5.97 Å². The van der Waals surface area contributed by atoms with Crippen LogP contribution in [0.25, 0.3) is 0 Å². The fourth-order valence-corrected chi connectivity index (χ4v) is 1.93. The third-order valence-electron chi connectivity index (χ3n) is 2.87. The van der Waals surface area contributed by atoms with Crippen LogP contribution in [-0.2, 0) is 4.79 Å². The van der Waals surface area contributed by atoms with Crippen LogP contribution in [0.3, 0.4) is 0 Å². The van der Waals surface area contributed by atoms with E-state index in [1.54, 1.807) is 0 Å². The maximum atomic E-state index is 11.1. The fourth-order valence-electron chi connectivity index (χ4n) is 1.93. The summed E-state index contributed by atoms with van der Waals surface area (Å²) in [6.45, 7) is 11.0. The number of carboxylic acids is 1. The van der Waals surface area contributed by atoms with Crippen LogP contribution in [0, 0.1) is 5.92 Å². The van der Waals surface area contributed by atoms with Crippen LogP contribution < -0.4 is 5.32 Å². The minimum Gasteiger partial charge on any atom is -0.480 e. The monoisotopic (exact) mass is 244 g/mol. The number of aliphatic carboxylic acids is 1. The van der Waals surface area contributed by atoms with E-state index in [4.69, 9.17) is 5.11 Å². The molecule has 0 aliphatic carbocycles. The lowest BCUT2D eigenvalue weighted by molar-refractivity contribution is -0.140. The third kappa shape index (κ3) is 7.34. The average molecular weight is 244 g/mol. The molecule has 0 saturated carbocycles. The van der Waals surface area contributed by atoms with Gasteiger partial charge in [0.15, 0.2) is 0 Å². The SMILES string of the molecule is CC(C)CC(C)N(C)CC(NC(C)C)C(=O)O. The molecule has 0 aromatic heterocycles. The molecule has 4 heteroatoms. The van der Waals surface area contributed by atoms with Crippen molar-refractivity contribution in [1.29, 1.82) is 0 Å². The van der Waals surface area contributed by atoms with Gasteiger partial charge in [-0.25, -0.2) is 0 Å². The van der Waals surface area contributed by atoms with Crippen molar-refractivity contribution in [3.8, 4) is 0 Å². The Bertz CT molecular complexity index is 229. The fraction of sp³-hybridized carbons (Fsp3) is 0.923. The van der Waals surface area contributed by atoms with Gasteiger partial charge < -0.3 is 15.3 Å². The van der Waals surface area contributed by atoms with Crippen molar-refractivity contribution < 1.29 is 9.90 Å². The van der Waals surface area contributed by atoms with E-state index in [0.29, 0.717) is 18.5 Å². The lowest BCUT2D eigenvalue weighted by atomic mass is 10.0. The largest absolute Gasteiger partial charge is 0.480 e. The number of rotatable bonds is 8. The molecule has 2 unspecified atom stereocenters. The van der Waals surface area contributed by atoms with Crippen molar-refractivity contribution in [2.75, 3.05) is 13.6 Å². The summed E-state index contributed by atoms with van der Waals surface area (Å²) in [5, 5.41) is 12.2. The molecule has 0 fully saturated rings. The zero-order valence-corrected chi connectivity index (χ0v) is 12.0. The summed E-state index contributed by atoms with van der Waals surface area (Å²) >= 11 is 0. The number of carboxylic acid groups (broad SMARTS) is 1. The van der Waals surface area contributed by atoms with Gasteiger partial charge in [-0.05, 0) is 26.3 Å². The van der Waals surface area contributed by atoms with E-state index in [1.807, 2.05) is 20.9 Å². The molecule has 0 aromatic carbocycles. The van der Waals surface area contributed by atoms with E-state index in [2.05, 4.69) is 31.0 Å². The summed E-state index contributed by atoms with van der Waals surface area (Å²) in [5.41, 5.74) is 0. The lowest BCUT2D eigenvalue weighted by Crippen LogP contribution is -2.49. The second-order valence-electron chi connectivity index (χ2n) is 5.63. The molecule has 0 spiro atoms. The first kappa shape index (κ1) is 16.4. The molecule has 2 N–H and O–H groups in total. The molecule has 0 bridgehead atoms. The van der Waals surface area contributed by atoms with Crippen LogP contribution in [0.1, 0.15) is 41.0 Å². The van der Waals surface area contributed by atoms with E-state index < -0.39 is 12.0 Å². The summed E-state index contributed by atoms with van der Waals surface area (Å²) in [5.74, 6) is -0.143. The van der Waals surface area contributed by atoms with Crippen molar-refractivity contribution in [3.05, 3.63) is 0 Å². The van der Waals surface area contributed by atoms with E-state index in [-0.39, 0.29) is 6.04 Å². The van der Waals surface area contributed by atoms with Gasteiger partial charge in [-0.3, -0.25) is 4.79 Å². The molecule has 0 heterocycles. The highest BCUT2D eigenvalue weighted by atomic mass is 16.4. The molecule has 0 saturated heterocycles. The Morgan fingerprint density at radius 2 is 1.76 bits per heavy atom. The van der Waals surface area contributed by atoms with E-state index in [1.165, 1.54) is 0 Å². The summed E-state index contributed by atoms with van der Waals surface area (Å²) < 4.78 is 0. The zero-order chi connectivity index (χ0) is 13.6. The van der Waals surface area contributed by atoms with Gasteiger partial charge in [-0.1, -0.05) is 27.7 Å². The summed E-state index contributed by atoms with van der Waals surface area (Å²) in [4.78, 5) is 13.2. The molecule has 0 radical (unpaired) electrons. The number of hydrogen-bond acceptors (Lipinski definition) is 3. The van der Waals surface area contributed by atoms with Gasteiger partial charge in [0.2, 0.25) is 0 Å². The molecule has 102 valence electrons. The van der Waals surface area contributed by atoms with Gasteiger partial charge in [0.25, 0.3) is 0 Å². The molecule has 0 aromatic rings. The van der Waals surface area contributed by atoms with Crippen molar-refractivity contribution in [3.63, 3.8) is 0 Å². The van der Waals surface area contributed by atoms with Crippen LogP contribution >= 0.6 is 0 Å². The van der Waals surface area contributed by atoms with E-state index >= 15 is 0 Å². The number of hydrogen-bond donors (Lipinski definition) is 2. The van der Waals surface area contributed by atoms with Gasteiger partial charge in [-0.15, -0.1) is 0 Å². The standard InChI is InChI=1S/C13H28N2O2/c1-9(2)7-11(5)15(6)8-12(13(16)17)14-10(3)4/h9-12,14H,7-8H2,1-6H3,(H,16,17). The molecule has 2 atom stereocenters. The Kier molecular flexibility index (Phi) is 7.39. The van der Waals surface area contributed by atoms with Crippen LogP contribution in [0.4, 0.5) is 0 Å². The third-order valence-corrected chi connectivity index (χ3v) is 2.87. The maximum absolute atomic E-state index is 11.1. The van der Waals surface area contributed by atoms with Crippen molar-refractivity contribution in [2.24, 2.45) is 5.92 Å². The molecule has 4 nitrogen and oxygen atoms in total. The minimum absolute atomic E-state index is 0.185. The van der Waals surface area contributed by atoms with Gasteiger partial charge in [0.05, 0.1) is 0 Å². The highest BCUT2D eigenvalue weighted by Gasteiger charge is 2.22. The Morgan fingerprint density at radius 1 is 1.24 bits per heavy atom. The molecule has 17 heavy (non-hydrogen) atoms. The van der Waals surface area contributed by atoms with E-state index in [0.717, 1.165) is 6.42 Å². The normalized spacial score (nSPS) is 15.6. The first-order valence-electron chi connectivity index (χ1n) is 6.43. The molecule has 0 aliphatic heterocycles. The van der Waals surface area contributed by atoms with Crippen LogP contribution in [0.15, 0.2) is 0 Å². The average Bonchev–Trinajstić information content (AvgIpc) is 2.14. The lowest BCUT2D eigenvalue weighted by Gasteiger charge is -2.29. The summed E-state index contributed by atoms with van der Waals surface area (Å²) in [6, 6.07) is 0.102. The highest BCUT2D eigenvalue weighted by molar-refractivity contribution is 5.73. The van der Waals surface area contributed by atoms with Crippen LogP contribution in [0.2, 0.25) is 0 Å². The van der Waals surface area contributed by atoms with Crippen LogP contribution in [-0.4, -0.2) is 47.7 Å². The Hall–Kier alpha value is -0.610.